The second kappa shape index (κ2) is 7.43. The first-order valence-corrected chi connectivity index (χ1v) is 7.44. The van der Waals surface area contributed by atoms with Crippen molar-refractivity contribution >= 4 is 11.6 Å². The summed E-state index contributed by atoms with van der Waals surface area (Å²) in [4.78, 5) is 16.1. The molecule has 1 aromatic carbocycles. The molecule has 2 aromatic heterocycles. The Balaban J connectivity index is 1.66. The molecule has 0 radical (unpaired) electrons. The normalized spacial score (nSPS) is 10.3. The van der Waals surface area contributed by atoms with Crippen LogP contribution in [0.4, 0.5) is 5.69 Å². The van der Waals surface area contributed by atoms with E-state index in [1.807, 2.05) is 0 Å². The van der Waals surface area contributed by atoms with Gasteiger partial charge in [-0.3, -0.25) is 9.78 Å². The lowest BCUT2D eigenvalue weighted by Gasteiger charge is -2.10. The van der Waals surface area contributed by atoms with E-state index < -0.39 is 0 Å². The highest BCUT2D eigenvalue weighted by atomic mass is 16.5. The van der Waals surface area contributed by atoms with Crippen molar-refractivity contribution in [2.24, 2.45) is 0 Å². The smallest absolute Gasteiger partial charge is 0.247 e. The van der Waals surface area contributed by atoms with Crippen LogP contribution in [0.1, 0.15) is 5.89 Å². The van der Waals surface area contributed by atoms with Crippen molar-refractivity contribution in [1.82, 2.24) is 15.2 Å². The monoisotopic (exact) mass is 340 g/mol. The van der Waals surface area contributed by atoms with Crippen molar-refractivity contribution in [2.45, 2.75) is 6.42 Å². The van der Waals surface area contributed by atoms with Crippen LogP contribution in [0.3, 0.4) is 0 Å². The van der Waals surface area contributed by atoms with Crippen LogP contribution in [0, 0.1) is 0 Å². The summed E-state index contributed by atoms with van der Waals surface area (Å²) in [7, 11) is 3.08. The molecule has 0 saturated carbocycles. The SMILES string of the molecule is COc1ccc(NC(=O)Cc2nnc(-c3ccncc3)o2)cc1OC. The number of ether oxygens (including phenoxy) is 2. The molecule has 0 aliphatic heterocycles. The number of carbonyl (C=O) groups is 1. The Morgan fingerprint density at radius 3 is 2.56 bits per heavy atom. The van der Waals surface area contributed by atoms with E-state index in [0.717, 1.165) is 5.56 Å². The van der Waals surface area contributed by atoms with E-state index in [0.29, 0.717) is 23.1 Å². The average Bonchev–Trinajstić information content (AvgIpc) is 3.10. The Hall–Kier alpha value is -3.42. The van der Waals surface area contributed by atoms with Gasteiger partial charge in [0.1, 0.15) is 6.42 Å². The number of nitrogens with zero attached hydrogens (tertiary/aromatic N) is 3. The summed E-state index contributed by atoms with van der Waals surface area (Å²) in [5.74, 6) is 1.40. The van der Waals surface area contributed by atoms with Gasteiger partial charge in [-0.15, -0.1) is 10.2 Å². The maximum Gasteiger partial charge on any atom is 0.247 e. The fraction of sp³-hybridized carbons (Fsp3) is 0.176. The van der Waals surface area contributed by atoms with Gasteiger partial charge in [0.25, 0.3) is 0 Å². The Morgan fingerprint density at radius 1 is 1.08 bits per heavy atom. The van der Waals surface area contributed by atoms with Gasteiger partial charge in [0.2, 0.25) is 17.7 Å². The molecular formula is C17H16N4O4. The van der Waals surface area contributed by atoms with Crippen LogP contribution in [-0.4, -0.2) is 35.3 Å². The molecule has 0 atom stereocenters. The highest BCUT2D eigenvalue weighted by Crippen LogP contribution is 2.29. The molecule has 0 unspecified atom stereocenters. The molecule has 0 aliphatic carbocycles. The van der Waals surface area contributed by atoms with Gasteiger partial charge < -0.3 is 19.2 Å². The summed E-state index contributed by atoms with van der Waals surface area (Å²) in [6, 6.07) is 8.60. The number of amides is 1. The van der Waals surface area contributed by atoms with Gasteiger partial charge >= 0.3 is 0 Å². The zero-order valence-electron chi connectivity index (χ0n) is 13.7. The lowest BCUT2D eigenvalue weighted by Crippen LogP contribution is -2.14. The first-order chi connectivity index (χ1) is 12.2. The molecule has 1 N–H and O–H groups in total. The molecule has 2 heterocycles. The highest BCUT2D eigenvalue weighted by molar-refractivity contribution is 5.92. The minimum atomic E-state index is -0.280. The topological polar surface area (TPSA) is 99.4 Å². The number of nitrogens with one attached hydrogen (secondary N) is 1. The molecule has 25 heavy (non-hydrogen) atoms. The van der Waals surface area contributed by atoms with Gasteiger partial charge in [-0.05, 0) is 24.3 Å². The third kappa shape index (κ3) is 3.92. The van der Waals surface area contributed by atoms with Gasteiger partial charge in [-0.1, -0.05) is 0 Å². The molecule has 3 rings (SSSR count). The molecule has 0 bridgehead atoms. The van der Waals surface area contributed by atoms with Crippen LogP contribution >= 0.6 is 0 Å². The predicted molar refractivity (Wildman–Crippen MR) is 89.4 cm³/mol. The second-order valence-corrected chi connectivity index (χ2v) is 5.03. The molecule has 8 nitrogen and oxygen atoms in total. The van der Waals surface area contributed by atoms with Crippen molar-refractivity contribution in [1.29, 1.82) is 0 Å². The van der Waals surface area contributed by atoms with Crippen LogP contribution in [-0.2, 0) is 11.2 Å². The third-order valence-electron chi connectivity index (χ3n) is 3.37. The number of hydrogen-bond donors (Lipinski definition) is 1. The van der Waals surface area contributed by atoms with E-state index in [2.05, 4.69) is 20.5 Å². The number of pyridine rings is 1. The third-order valence-corrected chi connectivity index (χ3v) is 3.37. The van der Waals surface area contributed by atoms with E-state index in [1.54, 1.807) is 49.8 Å². The quantitative estimate of drug-likeness (QED) is 0.735. The Morgan fingerprint density at radius 2 is 1.84 bits per heavy atom. The largest absolute Gasteiger partial charge is 0.493 e. The van der Waals surface area contributed by atoms with Gasteiger partial charge in [-0.2, -0.15) is 0 Å². The van der Waals surface area contributed by atoms with Gasteiger partial charge in [0.15, 0.2) is 11.5 Å². The van der Waals surface area contributed by atoms with Crippen LogP contribution in [0.2, 0.25) is 0 Å². The van der Waals surface area contributed by atoms with Crippen molar-refractivity contribution in [2.75, 3.05) is 19.5 Å². The van der Waals surface area contributed by atoms with Crippen LogP contribution < -0.4 is 14.8 Å². The number of anilines is 1. The zero-order chi connectivity index (χ0) is 17.6. The number of aromatic nitrogens is 3. The van der Waals surface area contributed by atoms with Gasteiger partial charge in [0.05, 0.1) is 14.2 Å². The molecule has 8 heteroatoms. The van der Waals surface area contributed by atoms with Gasteiger partial charge in [0, 0.05) is 29.7 Å². The summed E-state index contributed by atoms with van der Waals surface area (Å²) >= 11 is 0. The molecule has 128 valence electrons. The number of hydrogen-bond acceptors (Lipinski definition) is 7. The molecule has 0 saturated heterocycles. The predicted octanol–water partition coefficient (Wildman–Crippen LogP) is 2.33. The zero-order valence-corrected chi connectivity index (χ0v) is 13.7. The first-order valence-electron chi connectivity index (χ1n) is 7.44. The number of methoxy groups -OCH3 is 2. The van der Waals surface area contributed by atoms with Crippen LogP contribution in [0.25, 0.3) is 11.5 Å². The van der Waals surface area contributed by atoms with E-state index in [4.69, 9.17) is 13.9 Å². The molecule has 0 aliphatic rings. The van der Waals surface area contributed by atoms with E-state index >= 15 is 0 Å². The number of rotatable bonds is 6. The standard InChI is InChI=1S/C17H16N4O4/c1-23-13-4-3-12(9-14(13)24-2)19-15(22)10-16-20-21-17(25-16)11-5-7-18-8-6-11/h3-9H,10H2,1-2H3,(H,19,22). The maximum absolute atomic E-state index is 12.2. The molecule has 0 fully saturated rings. The molecule has 3 aromatic rings. The average molecular weight is 340 g/mol. The fourth-order valence-electron chi connectivity index (χ4n) is 2.19. The minimum Gasteiger partial charge on any atom is -0.493 e. The second-order valence-electron chi connectivity index (χ2n) is 5.03. The van der Waals surface area contributed by atoms with E-state index in [1.165, 1.54) is 7.11 Å². The fourth-order valence-corrected chi connectivity index (χ4v) is 2.19. The van der Waals surface area contributed by atoms with Crippen LogP contribution in [0.5, 0.6) is 11.5 Å². The molecular weight excluding hydrogens is 324 g/mol. The van der Waals surface area contributed by atoms with E-state index in [9.17, 15) is 4.79 Å². The Kier molecular flexibility index (Phi) is 4.89. The molecule has 1 amide bonds. The first kappa shape index (κ1) is 16.4. The summed E-state index contributed by atoms with van der Waals surface area (Å²) < 4.78 is 15.9. The summed E-state index contributed by atoms with van der Waals surface area (Å²) in [6.45, 7) is 0. The Bertz CT molecular complexity index is 864. The summed E-state index contributed by atoms with van der Waals surface area (Å²) in [5, 5.41) is 10.6. The highest BCUT2D eigenvalue weighted by Gasteiger charge is 2.13. The lowest BCUT2D eigenvalue weighted by molar-refractivity contribution is -0.115. The number of carbonyl (C=O) groups excluding carboxylic acids is 1. The minimum absolute atomic E-state index is 0.0353. The lowest BCUT2D eigenvalue weighted by atomic mass is 10.2. The van der Waals surface area contributed by atoms with Crippen molar-refractivity contribution in [3.05, 3.63) is 48.6 Å². The van der Waals surface area contributed by atoms with Gasteiger partial charge in [-0.25, -0.2) is 0 Å². The van der Waals surface area contributed by atoms with E-state index in [-0.39, 0.29) is 18.2 Å². The maximum atomic E-state index is 12.2. The Labute approximate surface area is 143 Å². The molecule has 0 spiro atoms. The van der Waals surface area contributed by atoms with Crippen molar-refractivity contribution in [3.63, 3.8) is 0 Å². The van der Waals surface area contributed by atoms with Crippen molar-refractivity contribution in [3.8, 4) is 23.0 Å². The van der Waals surface area contributed by atoms with Crippen molar-refractivity contribution < 1.29 is 18.7 Å². The summed E-state index contributed by atoms with van der Waals surface area (Å²) in [6.07, 6.45) is 3.22. The summed E-state index contributed by atoms with van der Waals surface area (Å²) in [5.41, 5.74) is 1.32. The number of benzene rings is 1. The van der Waals surface area contributed by atoms with Crippen LogP contribution in [0.15, 0.2) is 47.1 Å².